The maximum absolute atomic E-state index is 8.06. The molecule has 0 fully saturated rings. The van der Waals surface area contributed by atoms with E-state index in [-0.39, 0.29) is 5.94 Å². The van der Waals surface area contributed by atoms with E-state index in [4.69, 9.17) is 5.11 Å². The molecule has 0 atom stereocenters. The van der Waals surface area contributed by atoms with Gasteiger partial charge in [0.1, 0.15) is 3.53 Å². The summed E-state index contributed by atoms with van der Waals surface area (Å²) in [6.45, 7) is 0. The van der Waals surface area contributed by atoms with Gasteiger partial charge in [0.25, 0.3) is 0 Å². The molecule has 0 aromatic carbocycles. The van der Waals surface area contributed by atoms with Crippen molar-refractivity contribution >= 4 is 40.1 Å². The first kappa shape index (κ1) is 6.75. The van der Waals surface area contributed by atoms with Crippen LogP contribution < -0.4 is 0 Å². The van der Waals surface area contributed by atoms with E-state index >= 15 is 0 Å². The van der Waals surface area contributed by atoms with Crippen LogP contribution in [0, 0.1) is 0 Å². The highest BCUT2D eigenvalue weighted by Crippen LogP contribution is 2.03. The third-order valence-electron chi connectivity index (χ3n) is 0.188. The Kier molecular flexibility index (Phi) is 4.41. The molecular weight excluding hydrogens is 136 g/mol. The molecule has 6 heavy (non-hydrogen) atoms. The lowest BCUT2D eigenvalue weighted by atomic mass is 11.7. The van der Waals surface area contributed by atoms with Crippen LogP contribution in [-0.2, 0) is 0 Å². The number of rotatable bonds is 1. The Morgan fingerprint density at radius 2 is 2.50 bits per heavy atom. The fourth-order valence-corrected chi connectivity index (χ4v) is 0.497. The van der Waals surface area contributed by atoms with Crippen molar-refractivity contribution in [3.8, 4) is 0 Å². The van der Waals surface area contributed by atoms with Gasteiger partial charge >= 0.3 is 0 Å². The summed E-state index contributed by atoms with van der Waals surface area (Å²) in [6, 6.07) is 0. The first-order valence-corrected chi connectivity index (χ1v) is 3.08. The summed E-state index contributed by atoms with van der Waals surface area (Å²) >= 11 is 9.31. The average Bonchev–Trinajstić information content (AvgIpc) is 1.35. The van der Waals surface area contributed by atoms with Crippen LogP contribution >= 0.6 is 36.6 Å². The molecule has 36 valence electrons. The van der Waals surface area contributed by atoms with Crippen LogP contribution in [0.1, 0.15) is 0 Å². The van der Waals surface area contributed by atoms with Crippen molar-refractivity contribution in [2.45, 2.75) is 0 Å². The maximum atomic E-state index is 8.06. The van der Waals surface area contributed by atoms with E-state index in [1.807, 2.05) is 0 Å². The Bertz CT molecular complexity index is 52.8. The van der Waals surface area contributed by atoms with E-state index in [0.717, 1.165) is 11.8 Å². The van der Waals surface area contributed by atoms with Crippen molar-refractivity contribution in [3.63, 3.8) is 0 Å². The van der Waals surface area contributed by atoms with Gasteiger partial charge in [-0.1, -0.05) is 24.0 Å². The second-order valence-corrected chi connectivity index (χ2v) is 3.21. The fourth-order valence-electron chi connectivity index (χ4n) is 0.0552. The average molecular weight is 140 g/mol. The molecule has 1 N–H and O–H groups in total. The lowest BCUT2D eigenvalue weighted by Gasteiger charge is -1.83. The molecule has 0 aliphatic rings. The van der Waals surface area contributed by atoms with Crippen molar-refractivity contribution in [2.75, 3.05) is 5.94 Å². The molecule has 0 aromatic rings. The Balaban J connectivity index is 2.83. The minimum Gasteiger partial charge on any atom is -0.385 e. The molecule has 0 aliphatic carbocycles. The molecule has 0 unspecified atom stereocenters. The van der Waals surface area contributed by atoms with Crippen LogP contribution in [-0.4, -0.2) is 14.6 Å². The standard InChI is InChI=1S/C2H4OS3/c3-1-6-2(4)5/h3H,1H2,(H,4,5). The van der Waals surface area contributed by atoms with Gasteiger partial charge in [0.05, 0.1) is 5.94 Å². The number of thioether (sulfide) groups is 1. The zero-order valence-electron chi connectivity index (χ0n) is 2.92. The number of hydrogen-bond acceptors (Lipinski definition) is 3. The van der Waals surface area contributed by atoms with Crippen molar-refractivity contribution in [1.29, 1.82) is 0 Å². The van der Waals surface area contributed by atoms with Gasteiger partial charge < -0.3 is 5.11 Å². The van der Waals surface area contributed by atoms with Crippen LogP contribution in [0.15, 0.2) is 0 Å². The van der Waals surface area contributed by atoms with Gasteiger partial charge in [-0.3, -0.25) is 0 Å². The van der Waals surface area contributed by atoms with Crippen molar-refractivity contribution in [1.82, 2.24) is 0 Å². The summed E-state index contributed by atoms with van der Waals surface area (Å²) in [5.74, 6) is 0.0301. The van der Waals surface area contributed by atoms with Crippen LogP contribution in [0.4, 0.5) is 0 Å². The van der Waals surface area contributed by atoms with E-state index in [1.165, 1.54) is 0 Å². The van der Waals surface area contributed by atoms with Crippen molar-refractivity contribution < 1.29 is 5.11 Å². The van der Waals surface area contributed by atoms with Gasteiger partial charge in [0, 0.05) is 0 Å². The largest absolute Gasteiger partial charge is 0.385 e. The molecule has 4 heteroatoms. The zero-order chi connectivity index (χ0) is 4.99. The first-order chi connectivity index (χ1) is 2.77. The summed E-state index contributed by atoms with van der Waals surface area (Å²) in [7, 11) is 0. The molecule has 0 saturated carbocycles. The molecule has 0 rings (SSSR count). The summed E-state index contributed by atoms with van der Waals surface area (Å²) < 4.78 is 0.484. The topological polar surface area (TPSA) is 20.2 Å². The summed E-state index contributed by atoms with van der Waals surface area (Å²) in [5, 5.41) is 8.06. The Morgan fingerprint density at radius 3 is 2.50 bits per heavy atom. The highest BCUT2D eigenvalue weighted by Gasteiger charge is 1.81. The minimum atomic E-state index is 0.0301. The number of aliphatic hydroxyl groups is 1. The SMILES string of the molecule is OCSC(=S)S. The zero-order valence-corrected chi connectivity index (χ0v) is 5.45. The summed E-state index contributed by atoms with van der Waals surface area (Å²) in [4.78, 5) is 0. The Hall–Kier alpha value is 0.750. The number of aliphatic hydroxyl groups excluding tert-OH is 1. The van der Waals surface area contributed by atoms with E-state index in [0.29, 0.717) is 3.53 Å². The predicted octanol–water partition coefficient (Wildman–Crippen LogP) is 0.884. The fraction of sp³-hybridized carbons (Fsp3) is 0.500. The normalized spacial score (nSPS) is 8.33. The van der Waals surface area contributed by atoms with E-state index in [9.17, 15) is 0 Å². The number of thiol groups is 1. The van der Waals surface area contributed by atoms with Crippen LogP contribution in [0.2, 0.25) is 0 Å². The monoisotopic (exact) mass is 140 g/mol. The lowest BCUT2D eigenvalue weighted by Crippen LogP contribution is -1.74. The van der Waals surface area contributed by atoms with Crippen LogP contribution in [0.5, 0.6) is 0 Å². The summed E-state index contributed by atoms with van der Waals surface area (Å²) in [6.07, 6.45) is 0. The van der Waals surface area contributed by atoms with Crippen molar-refractivity contribution in [2.24, 2.45) is 0 Å². The molecule has 0 radical (unpaired) electrons. The van der Waals surface area contributed by atoms with Gasteiger partial charge in [-0.15, -0.1) is 12.6 Å². The number of thiocarbonyl (C=S) groups is 1. The molecule has 1 nitrogen and oxygen atoms in total. The highest BCUT2D eigenvalue weighted by molar-refractivity contribution is 8.41. The minimum absolute atomic E-state index is 0.0301. The molecule has 0 saturated heterocycles. The molecule has 0 aliphatic heterocycles. The van der Waals surface area contributed by atoms with Crippen LogP contribution in [0.25, 0.3) is 0 Å². The predicted molar refractivity (Wildman–Crippen MR) is 36.3 cm³/mol. The van der Waals surface area contributed by atoms with E-state index < -0.39 is 0 Å². The smallest absolute Gasteiger partial charge is 0.103 e. The summed E-state index contributed by atoms with van der Waals surface area (Å²) in [5.41, 5.74) is 0. The second kappa shape index (κ2) is 3.92. The molecule has 0 spiro atoms. The molecule has 0 aromatic heterocycles. The molecule has 0 heterocycles. The quantitative estimate of drug-likeness (QED) is 0.320. The Labute approximate surface area is 51.5 Å². The van der Waals surface area contributed by atoms with E-state index in [2.05, 4.69) is 24.8 Å². The molecule has 0 bridgehead atoms. The maximum Gasteiger partial charge on any atom is 0.103 e. The second-order valence-electron chi connectivity index (χ2n) is 0.539. The van der Waals surface area contributed by atoms with Crippen LogP contribution in [0.3, 0.4) is 0 Å². The van der Waals surface area contributed by atoms with Gasteiger partial charge in [-0.2, -0.15) is 0 Å². The van der Waals surface area contributed by atoms with Gasteiger partial charge in [-0.05, 0) is 0 Å². The van der Waals surface area contributed by atoms with Gasteiger partial charge in [0.2, 0.25) is 0 Å². The first-order valence-electron chi connectivity index (χ1n) is 1.24. The molecule has 0 amide bonds. The lowest BCUT2D eigenvalue weighted by molar-refractivity contribution is 0.376. The molecular formula is C2H4OS3. The van der Waals surface area contributed by atoms with E-state index in [1.54, 1.807) is 0 Å². The highest BCUT2D eigenvalue weighted by atomic mass is 32.2. The third-order valence-corrected chi connectivity index (χ3v) is 1.30. The van der Waals surface area contributed by atoms with Crippen molar-refractivity contribution in [3.05, 3.63) is 0 Å². The number of hydrogen-bond donors (Lipinski definition) is 2. The van der Waals surface area contributed by atoms with Gasteiger partial charge in [0.15, 0.2) is 0 Å². The van der Waals surface area contributed by atoms with Gasteiger partial charge in [-0.25, -0.2) is 0 Å². The third kappa shape index (κ3) is 4.75. The Morgan fingerprint density at radius 1 is 2.00 bits per heavy atom.